The van der Waals surface area contributed by atoms with Crippen LogP contribution in [0.5, 0.6) is 0 Å². The molecule has 6 heteroatoms. The highest BCUT2D eigenvalue weighted by atomic mass is 32.2. The highest BCUT2D eigenvalue weighted by molar-refractivity contribution is 7.99. The smallest absolute Gasteiger partial charge is 0.317 e. The highest BCUT2D eigenvalue weighted by Crippen LogP contribution is 2.34. The fourth-order valence-corrected chi connectivity index (χ4v) is 3.54. The lowest BCUT2D eigenvalue weighted by molar-refractivity contribution is -0.137. The second-order valence-electron chi connectivity index (χ2n) is 5.12. The Hall–Kier alpha value is -0.910. The third kappa shape index (κ3) is 3.54. The number of carboxylic acid groups (broad SMARTS) is 1. The van der Waals surface area contributed by atoms with Crippen LogP contribution in [-0.4, -0.2) is 52.6 Å². The predicted molar refractivity (Wildman–Crippen MR) is 70.8 cm³/mol. The summed E-state index contributed by atoms with van der Waals surface area (Å²) in [6.45, 7) is 0. The first kappa shape index (κ1) is 13.5. The maximum Gasteiger partial charge on any atom is 0.317 e. The number of thioether (sulfide) groups is 1. The van der Waals surface area contributed by atoms with Crippen LogP contribution < -0.4 is 5.32 Å². The number of amides is 2. The van der Waals surface area contributed by atoms with Crippen LogP contribution in [0.4, 0.5) is 4.79 Å². The topological polar surface area (TPSA) is 69.6 Å². The summed E-state index contributed by atoms with van der Waals surface area (Å²) in [4.78, 5) is 24.6. The van der Waals surface area contributed by atoms with E-state index in [1.165, 1.54) is 0 Å². The van der Waals surface area contributed by atoms with Crippen molar-refractivity contribution in [2.45, 2.75) is 37.8 Å². The Morgan fingerprint density at radius 3 is 2.67 bits per heavy atom. The van der Waals surface area contributed by atoms with Gasteiger partial charge in [0.05, 0.1) is 6.42 Å². The predicted octanol–water partition coefficient (Wildman–Crippen LogP) is 1.39. The van der Waals surface area contributed by atoms with Crippen molar-refractivity contribution in [3.63, 3.8) is 0 Å². The van der Waals surface area contributed by atoms with Gasteiger partial charge in [-0.2, -0.15) is 11.8 Å². The summed E-state index contributed by atoms with van der Waals surface area (Å²) in [6, 6.07) is -0.0353. The Morgan fingerprint density at radius 2 is 2.17 bits per heavy atom. The molecule has 1 aliphatic heterocycles. The van der Waals surface area contributed by atoms with Gasteiger partial charge in [0.25, 0.3) is 0 Å². The van der Waals surface area contributed by atoms with Gasteiger partial charge in [0.2, 0.25) is 0 Å². The van der Waals surface area contributed by atoms with Gasteiger partial charge >= 0.3 is 12.0 Å². The lowest BCUT2D eigenvalue weighted by Gasteiger charge is -2.27. The van der Waals surface area contributed by atoms with Crippen molar-refractivity contribution in [1.29, 1.82) is 0 Å². The van der Waals surface area contributed by atoms with Crippen molar-refractivity contribution >= 4 is 23.8 Å². The number of hydrogen-bond donors (Lipinski definition) is 2. The summed E-state index contributed by atoms with van der Waals surface area (Å²) >= 11 is 1.86. The van der Waals surface area contributed by atoms with Gasteiger partial charge in [0, 0.05) is 24.9 Å². The SMILES string of the molecule is CN(C(=O)NC(CC(=O)O)C1CC1)C1CCSC1. The molecule has 2 atom stereocenters. The molecule has 0 aromatic heterocycles. The molecule has 1 heterocycles. The molecule has 0 aromatic rings. The van der Waals surface area contributed by atoms with E-state index in [1.54, 1.807) is 11.9 Å². The molecule has 2 N–H and O–H groups in total. The number of nitrogens with one attached hydrogen (secondary N) is 1. The third-order valence-corrected chi connectivity index (χ3v) is 4.81. The van der Waals surface area contributed by atoms with Gasteiger partial charge in [-0.1, -0.05) is 0 Å². The van der Waals surface area contributed by atoms with Crippen molar-refractivity contribution < 1.29 is 14.7 Å². The summed E-state index contributed by atoms with van der Waals surface area (Å²) in [5, 5.41) is 11.7. The molecule has 2 rings (SSSR count). The largest absolute Gasteiger partial charge is 0.481 e. The summed E-state index contributed by atoms with van der Waals surface area (Å²) in [5.74, 6) is 1.60. The number of carboxylic acids is 1. The van der Waals surface area contributed by atoms with Crippen LogP contribution in [0.3, 0.4) is 0 Å². The first-order valence-electron chi connectivity index (χ1n) is 6.41. The summed E-state index contributed by atoms with van der Waals surface area (Å²) < 4.78 is 0. The van der Waals surface area contributed by atoms with Crippen molar-refractivity contribution in [3.8, 4) is 0 Å². The lowest BCUT2D eigenvalue weighted by Crippen LogP contribution is -2.48. The molecule has 2 amide bonds. The van der Waals surface area contributed by atoms with E-state index >= 15 is 0 Å². The van der Waals surface area contributed by atoms with Crippen molar-refractivity contribution in [2.75, 3.05) is 18.6 Å². The monoisotopic (exact) mass is 272 g/mol. The molecule has 2 fully saturated rings. The van der Waals surface area contributed by atoms with Crippen LogP contribution in [0.1, 0.15) is 25.7 Å². The molecule has 18 heavy (non-hydrogen) atoms. The molecule has 0 aromatic carbocycles. The van der Waals surface area contributed by atoms with Crippen molar-refractivity contribution in [1.82, 2.24) is 10.2 Å². The van der Waals surface area contributed by atoms with E-state index in [2.05, 4.69) is 5.32 Å². The molecule has 1 aliphatic carbocycles. The lowest BCUT2D eigenvalue weighted by atomic mass is 10.1. The van der Waals surface area contributed by atoms with E-state index in [1.807, 2.05) is 11.8 Å². The van der Waals surface area contributed by atoms with Crippen LogP contribution in [0.25, 0.3) is 0 Å². The first-order valence-corrected chi connectivity index (χ1v) is 7.56. The Bertz CT molecular complexity index is 327. The van der Waals surface area contributed by atoms with Crippen LogP contribution in [0.2, 0.25) is 0 Å². The second-order valence-corrected chi connectivity index (χ2v) is 6.27. The molecule has 1 saturated carbocycles. The normalized spacial score (nSPS) is 24.6. The third-order valence-electron chi connectivity index (χ3n) is 3.67. The molecular formula is C12H20N2O3S. The van der Waals surface area contributed by atoms with Crippen LogP contribution >= 0.6 is 11.8 Å². The fraction of sp³-hybridized carbons (Fsp3) is 0.833. The number of rotatable bonds is 5. The Balaban J connectivity index is 1.85. The second kappa shape index (κ2) is 5.82. The zero-order chi connectivity index (χ0) is 13.1. The zero-order valence-electron chi connectivity index (χ0n) is 10.6. The Labute approximate surface area is 111 Å². The Kier molecular flexibility index (Phi) is 4.37. The van der Waals surface area contributed by atoms with Crippen LogP contribution in [0.15, 0.2) is 0 Å². The number of carbonyl (C=O) groups excluding carboxylic acids is 1. The molecule has 0 bridgehead atoms. The quantitative estimate of drug-likeness (QED) is 0.793. The molecule has 5 nitrogen and oxygen atoms in total. The maximum absolute atomic E-state index is 12.1. The van der Waals surface area contributed by atoms with E-state index < -0.39 is 5.97 Å². The average molecular weight is 272 g/mol. The van der Waals surface area contributed by atoms with Crippen molar-refractivity contribution in [3.05, 3.63) is 0 Å². The van der Waals surface area contributed by atoms with Gasteiger partial charge in [0.1, 0.15) is 0 Å². The molecule has 0 radical (unpaired) electrons. The molecule has 102 valence electrons. The van der Waals surface area contributed by atoms with Gasteiger partial charge < -0.3 is 15.3 Å². The van der Waals surface area contributed by atoms with E-state index in [0.29, 0.717) is 12.0 Å². The molecule has 2 aliphatic rings. The number of carbonyl (C=O) groups is 2. The fourth-order valence-electron chi connectivity index (χ4n) is 2.28. The first-order chi connectivity index (χ1) is 8.58. The van der Waals surface area contributed by atoms with Gasteiger partial charge in [-0.05, 0) is 30.9 Å². The summed E-state index contributed by atoms with van der Waals surface area (Å²) in [6.07, 6.45) is 3.12. The van der Waals surface area contributed by atoms with Gasteiger partial charge in [0.15, 0.2) is 0 Å². The number of hydrogen-bond acceptors (Lipinski definition) is 3. The summed E-state index contributed by atoms with van der Waals surface area (Å²) in [5.41, 5.74) is 0. The van der Waals surface area contributed by atoms with Crippen molar-refractivity contribution in [2.24, 2.45) is 5.92 Å². The number of aliphatic carboxylic acids is 1. The van der Waals surface area contributed by atoms with E-state index in [4.69, 9.17) is 5.11 Å². The van der Waals surface area contributed by atoms with E-state index in [-0.39, 0.29) is 18.5 Å². The van der Waals surface area contributed by atoms with Crippen LogP contribution in [0, 0.1) is 5.92 Å². The molecule has 1 saturated heterocycles. The number of urea groups is 1. The molecular weight excluding hydrogens is 252 g/mol. The zero-order valence-corrected chi connectivity index (χ0v) is 11.4. The average Bonchev–Trinajstić information content (AvgIpc) is 3.02. The van der Waals surface area contributed by atoms with Gasteiger partial charge in [-0.3, -0.25) is 4.79 Å². The minimum absolute atomic E-state index is 0.0314. The number of nitrogens with zero attached hydrogens (tertiary/aromatic N) is 1. The minimum Gasteiger partial charge on any atom is -0.481 e. The minimum atomic E-state index is -0.841. The molecule has 2 unspecified atom stereocenters. The van der Waals surface area contributed by atoms with E-state index in [9.17, 15) is 9.59 Å². The van der Waals surface area contributed by atoms with Gasteiger partial charge in [-0.15, -0.1) is 0 Å². The maximum atomic E-state index is 12.1. The highest BCUT2D eigenvalue weighted by Gasteiger charge is 2.35. The Morgan fingerprint density at radius 1 is 1.44 bits per heavy atom. The van der Waals surface area contributed by atoms with E-state index in [0.717, 1.165) is 30.8 Å². The van der Waals surface area contributed by atoms with Gasteiger partial charge in [-0.25, -0.2) is 4.79 Å². The summed E-state index contributed by atoms with van der Waals surface area (Å²) in [7, 11) is 1.80. The van der Waals surface area contributed by atoms with Crippen LogP contribution in [-0.2, 0) is 4.79 Å². The molecule has 0 spiro atoms. The standard InChI is InChI=1S/C12H20N2O3S/c1-14(9-4-5-18-7-9)12(17)13-10(6-11(15)16)8-2-3-8/h8-10H,2-7H2,1H3,(H,13,17)(H,15,16).